The quantitative estimate of drug-likeness (QED) is 0.586. The van der Waals surface area contributed by atoms with Crippen LogP contribution >= 0.6 is 0 Å². The van der Waals surface area contributed by atoms with Crippen LogP contribution in [0.15, 0.2) is 24.3 Å². The first kappa shape index (κ1) is 17.5. The smallest absolute Gasteiger partial charge is 0.326 e. The van der Waals surface area contributed by atoms with E-state index in [0.717, 1.165) is 12.8 Å². The minimum absolute atomic E-state index is 0.278. The Kier molecular flexibility index (Phi) is 7.48. The SMILES string of the molecule is CCCCOc1ccc(C(=O)NCC(=O)O[C@@H](C)C#N)cc1. The number of carbonyl (C=O) groups is 2. The number of nitrogens with zero attached hydrogens (tertiary/aromatic N) is 1. The van der Waals surface area contributed by atoms with Crippen molar-refractivity contribution in [2.45, 2.75) is 32.8 Å². The molecule has 0 aromatic heterocycles. The number of amides is 1. The zero-order valence-corrected chi connectivity index (χ0v) is 12.8. The Balaban J connectivity index is 2.42. The van der Waals surface area contributed by atoms with E-state index in [2.05, 4.69) is 12.2 Å². The van der Waals surface area contributed by atoms with Crippen molar-refractivity contribution in [3.63, 3.8) is 0 Å². The zero-order valence-electron chi connectivity index (χ0n) is 12.8. The van der Waals surface area contributed by atoms with Crippen LogP contribution in [0.2, 0.25) is 0 Å². The molecule has 0 saturated heterocycles. The number of nitriles is 1. The summed E-state index contributed by atoms with van der Waals surface area (Å²) in [4.78, 5) is 23.2. The van der Waals surface area contributed by atoms with Crippen LogP contribution < -0.4 is 10.1 Å². The number of ether oxygens (including phenoxy) is 2. The number of hydrogen-bond donors (Lipinski definition) is 1. The van der Waals surface area contributed by atoms with Gasteiger partial charge >= 0.3 is 5.97 Å². The molecule has 1 aromatic rings. The van der Waals surface area contributed by atoms with Gasteiger partial charge in [-0.2, -0.15) is 5.26 Å². The molecule has 6 nitrogen and oxygen atoms in total. The van der Waals surface area contributed by atoms with Crippen LogP contribution in [-0.2, 0) is 9.53 Å². The summed E-state index contributed by atoms with van der Waals surface area (Å²) in [6.45, 7) is 3.90. The van der Waals surface area contributed by atoms with Crippen LogP contribution in [0.25, 0.3) is 0 Å². The highest BCUT2D eigenvalue weighted by molar-refractivity contribution is 5.96. The fraction of sp³-hybridized carbons (Fsp3) is 0.438. The number of nitrogens with one attached hydrogen (secondary N) is 1. The Hall–Kier alpha value is -2.55. The second-order valence-corrected chi connectivity index (χ2v) is 4.67. The molecule has 6 heteroatoms. The predicted octanol–water partition coefficient (Wildman–Crippen LogP) is 2.05. The third-order valence-electron chi connectivity index (χ3n) is 2.77. The molecular formula is C16H20N2O4. The summed E-state index contributed by atoms with van der Waals surface area (Å²) in [7, 11) is 0. The lowest BCUT2D eigenvalue weighted by Gasteiger charge is -2.08. The van der Waals surface area contributed by atoms with Crippen molar-refractivity contribution < 1.29 is 19.1 Å². The van der Waals surface area contributed by atoms with Crippen LogP contribution in [-0.4, -0.2) is 31.1 Å². The lowest BCUT2D eigenvalue weighted by molar-refractivity contribution is -0.144. The van der Waals surface area contributed by atoms with E-state index in [1.165, 1.54) is 6.92 Å². The monoisotopic (exact) mass is 304 g/mol. The van der Waals surface area contributed by atoms with Crippen molar-refractivity contribution in [3.8, 4) is 11.8 Å². The third kappa shape index (κ3) is 6.27. The van der Waals surface area contributed by atoms with E-state index in [-0.39, 0.29) is 12.5 Å². The fourth-order valence-corrected chi connectivity index (χ4v) is 1.56. The molecule has 1 atom stereocenters. The van der Waals surface area contributed by atoms with Gasteiger partial charge in [0, 0.05) is 5.56 Å². The summed E-state index contributed by atoms with van der Waals surface area (Å²) in [6.07, 6.45) is 1.20. The number of benzene rings is 1. The Morgan fingerprint density at radius 1 is 1.32 bits per heavy atom. The molecule has 1 rings (SSSR count). The fourth-order valence-electron chi connectivity index (χ4n) is 1.56. The molecule has 1 N–H and O–H groups in total. The van der Waals surface area contributed by atoms with E-state index in [4.69, 9.17) is 14.7 Å². The normalized spacial score (nSPS) is 11.1. The second kappa shape index (κ2) is 9.40. The maximum atomic E-state index is 11.9. The van der Waals surface area contributed by atoms with Gasteiger partial charge in [0.2, 0.25) is 0 Å². The van der Waals surface area contributed by atoms with Crippen molar-refractivity contribution in [1.82, 2.24) is 5.32 Å². The lowest BCUT2D eigenvalue weighted by Crippen LogP contribution is -2.31. The zero-order chi connectivity index (χ0) is 16.4. The largest absolute Gasteiger partial charge is 0.494 e. The summed E-state index contributed by atoms with van der Waals surface area (Å²) in [5, 5.41) is 11.0. The van der Waals surface area contributed by atoms with Crippen LogP contribution in [0.4, 0.5) is 0 Å². The molecule has 0 unspecified atom stereocenters. The average Bonchev–Trinajstić information content (AvgIpc) is 2.53. The summed E-state index contributed by atoms with van der Waals surface area (Å²) < 4.78 is 10.2. The predicted molar refractivity (Wildman–Crippen MR) is 80.3 cm³/mol. The molecule has 22 heavy (non-hydrogen) atoms. The summed E-state index contributed by atoms with van der Waals surface area (Å²) >= 11 is 0. The molecule has 0 saturated carbocycles. The first-order valence-corrected chi connectivity index (χ1v) is 7.17. The van der Waals surface area contributed by atoms with E-state index in [1.807, 2.05) is 0 Å². The molecule has 0 fully saturated rings. The molecule has 1 amide bonds. The Morgan fingerprint density at radius 3 is 2.59 bits per heavy atom. The average molecular weight is 304 g/mol. The van der Waals surface area contributed by atoms with Gasteiger partial charge < -0.3 is 14.8 Å². The second-order valence-electron chi connectivity index (χ2n) is 4.67. The summed E-state index contributed by atoms with van der Waals surface area (Å²) in [5.41, 5.74) is 0.420. The van der Waals surface area contributed by atoms with Crippen molar-refractivity contribution in [3.05, 3.63) is 29.8 Å². The van der Waals surface area contributed by atoms with Crippen LogP contribution in [0.1, 0.15) is 37.0 Å². The highest BCUT2D eigenvalue weighted by Crippen LogP contribution is 2.12. The number of rotatable bonds is 8. The van der Waals surface area contributed by atoms with Gasteiger partial charge in [0.25, 0.3) is 5.91 Å². The number of esters is 1. The molecule has 0 bridgehead atoms. The van der Waals surface area contributed by atoms with Gasteiger partial charge in [-0.1, -0.05) is 13.3 Å². The topological polar surface area (TPSA) is 88.4 Å². The van der Waals surface area contributed by atoms with Crippen molar-refractivity contribution in [2.75, 3.05) is 13.2 Å². The molecule has 118 valence electrons. The van der Waals surface area contributed by atoms with Gasteiger partial charge in [0.05, 0.1) is 6.61 Å². The lowest BCUT2D eigenvalue weighted by atomic mass is 10.2. The molecule has 0 aliphatic carbocycles. The number of hydrogen-bond acceptors (Lipinski definition) is 5. The molecule has 1 aromatic carbocycles. The van der Waals surface area contributed by atoms with Gasteiger partial charge in [-0.3, -0.25) is 9.59 Å². The minimum atomic E-state index is -0.830. The van der Waals surface area contributed by atoms with Crippen LogP contribution in [0, 0.1) is 11.3 Å². The number of carbonyl (C=O) groups excluding carboxylic acids is 2. The van der Waals surface area contributed by atoms with E-state index in [1.54, 1.807) is 30.3 Å². The van der Waals surface area contributed by atoms with Gasteiger partial charge in [0.1, 0.15) is 18.4 Å². The Bertz CT molecular complexity index is 534. The van der Waals surface area contributed by atoms with Crippen molar-refractivity contribution in [2.24, 2.45) is 0 Å². The Labute approximate surface area is 130 Å². The molecular weight excluding hydrogens is 284 g/mol. The first-order chi connectivity index (χ1) is 10.6. The maximum absolute atomic E-state index is 11.9. The maximum Gasteiger partial charge on any atom is 0.326 e. The molecule has 0 aliphatic heterocycles. The highest BCUT2D eigenvalue weighted by atomic mass is 16.5. The van der Waals surface area contributed by atoms with Gasteiger partial charge in [-0.05, 0) is 37.6 Å². The van der Waals surface area contributed by atoms with Gasteiger partial charge in [-0.15, -0.1) is 0 Å². The number of unbranched alkanes of at least 4 members (excludes halogenated alkanes) is 1. The minimum Gasteiger partial charge on any atom is -0.494 e. The molecule has 0 aliphatic rings. The van der Waals surface area contributed by atoms with Crippen LogP contribution in [0.3, 0.4) is 0 Å². The van der Waals surface area contributed by atoms with E-state index < -0.39 is 12.1 Å². The molecule has 0 spiro atoms. The van der Waals surface area contributed by atoms with E-state index >= 15 is 0 Å². The highest BCUT2D eigenvalue weighted by Gasteiger charge is 2.11. The third-order valence-corrected chi connectivity index (χ3v) is 2.77. The Morgan fingerprint density at radius 2 is 2.00 bits per heavy atom. The van der Waals surface area contributed by atoms with Crippen LogP contribution in [0.5, 0.6) is 5.75 Å². The summed E-state index contributed by atoms with van der Waals surface area (Å²) in [6, 6.07) is 8.44. The van der Waals surface area contributed by atoms with Crippen molar-refractivity contribution in [1.29, 1.82) is 5.26 Å². The standard InChI is InChI=1S/C16H20N2O4/c1-3-4-9-21-14-7-5-13(6-8-14)16(20)18-11-15(19)22-12(2)10-17/h5-8,12H,3-4,9,11H2,1-2H3,(H,18,20)/t12-/m0/s1. The molecule has 0 heterocycles. The van der Waals surface area contributed by atoms with E-state index in [0.29, 0.717) is 17.9 Å². The molecule has 0 radical (unpaired) electrons. The van der Waals surface area contributed by atoms with Crippen molar-refractivity contribution >= 4 is 11.9 Å². The van der Waals surface area contributed by atoms with E-state index in [9.17, 15) is 9.59 Å². The first-order valence-electron chi connectivity index (χ1n) is 7.17. The summed E-state index contributed by atoms with van der Waals surface area (Å²) in [5.74, 6) is -0.337. The van der Waals surface area contributed by atoms with Gasteiger partial charge in [-0.25, -0.2) is 0 Å². The van der Waals surface area contributed by atoms with Gasteiger partial charge in [0.15, 0.2) is 6.10 Å².